The number of para-hydroxylation sites is 2. The molecule has 0 aliphatic heterocycles. The summed E-state index contributed by atoms with van der Waals surface area (Å²) >= 11 is 1.80. The molecule has 4 heteroatoms. The number of benzene rings is 1. The van der Waals surface area contributed by atoms with Crippen LogP contribution >= 0.6 is 11.8 Å². The van der Waals surface area contributed by atoms with E-state index in [1.807, 2.05) is 38.1 Å². The molecule has 0 bridgehead atoms. The first-order chi connectivity index (χ1) is 8.03. The van der Waals surface area contributed by atoms with E-state index >= 15 is 0 Å². The summed E-state index contributed by atoms with van der Waals surface area (Å²) in [5.41, 5.74) is 5.78. The molecule has 0 saturated carbocycles. The average Bonchev–Trinajstić information content (AvgIpc) is 2.27. The van der Waals surface area contributed by atoms with Gasteiger partial charge in [-0.05, 0) is 26.0 Å². The Kier molecular flexibility index (Phi) is 5.65. The minimum atomic E-state index is -0.116. The normalized spacial score (nSPS) is 11.3. The van der Waals surface area contributed by atoms with Gasteiger partial charge in [0.05, 0.1) is 13.7 Å². The van der Waals surface area contributed by atoms with Crippen LogP contribution in [-0.2, 0) is 0 Å². The van der Waals surface area contributed by atoms with Gasteiger partial charge in [0.25, 0.3) is 0 Å². The maximum atomic E-state index is 5.89. The van der Waals surface area contributed by atoms with Crippen LogP contribution in [0.25, 0.3) is 0 Å². The zero-order chi connectivity index (χ0) is 12.7. The van der Waals surface area contributed by atoms with Gasteiger partial charge < -0.3 is 15.2 Å². The molecule has 1 rings (SSSR count). The molecule has 0 amide bonds. The predicted molar refractivity (Wildman–Crippen MR) is 74.1 cm³/mol. The van der Waals surface area contributed by atoms with E-state index in [1.165, 1.54) is 0 Å². The molecule has 1 aromatic rings. The standard InChI is InChI=1S/C13H21NO2S/c1-13(2,14)10-17-9-8-16-12-7-5-4-6-11(12)15-3/h4-7H,8-10,14H2,1-3H3. The first kappa shape index (κ1) is 14.2. The van der Waals surface area contributed by atoms with Crippen LogP contribution in [0.1, 0.15) is 13.8 Å². The van der Waals surface area contributed by atoms with E-state index in [9.17, 15) is 0 Å². The Morgan fingerprint density at radius 1 is 1.24 bits per heavy atom. The highest BCUT2D eigenvalue weighted by molar-refractivity contribution is 7.99. The molecule has 17 heavy (non-hydrogen) atoms. The molecule has 0 fully saturated rings. The number of hydrogen-bond donors (Lipinski definition) is 1. The van der Waals surface area contributed by atoms with Crippen LogP contribution in [0, 0.1) is 0 Å². The lowest BCUT2D eigenvalue weighted by Gasteiger charge is -2.17. The van der Waals surface area contributed by atoms with Crippen molar-refractivity contribution in [2.45, 2.75) is 19.4 Å². The molecule has 2 N–H and O–H groups in total. The van der Waals surface area contributed by atoms with Crippen molar-refractivity contribution in [2.75, 3.05) is 25.2 Å². The van der Waals surface area contributed by atoms with E-state index < -0.39 is 0 Å². The Hall–Kier alpha value is -0.870. The quantitative estimate of drug-likeness (QED) is 0.760. The van der Waals surface area contributed by atoms with Crippen molar-refractivity contribution in [1.82, 2.24) is 0 Å². The third-order valence-corrected chi connectivity index (χ3v) is 3.43. The number of ether oxygens (including phenoxy) is 2. The van der Waals surface area contributed by atoms with E-state index in [1.54, 1.807) is 18.9 Å². The second kappa shape index (κ2) is 6.77. The van der Waals surface area contributed by atoms with E-state index in [0.29, 0.717) is 6.61 Å². The van der Waals surface area contributed by atoms with Crippen molar-refractivity contribution >= 4 is 11.8 Å². The van der Waals surface area contributed by atoms with E-state index in [0.717, 1.165) is 23.0 Å². The lowest BCUT2D eigenvalue weighted by molar-refractivity contribution is 0.313. The smallest absolute Gasteiger partial charge is 0.161 e. The first-order valence-electron chi connectivity index (χ1n) is 5.65. The number of nitrogens with two attached hydrogens (primary N) is 1. The van der Waals surface area contributed by atoms with Gasteiger partial charge in [-0.3, -0.25) is 0 Å². The van der Waals surface area contributed by atoms with Gasteiger partial charge in [-0.15, -0.1) is 0 Å². The summed E-state index contributed by atoms with van der Waals surface area (Å²) in [6.07, 6.45) is 0. The van der Waals surface area contributed by atoms with Crippen molar-refractivity contribution in [3.63, 3.8) is 0 Å². The fourth-order valence-electron chi connectivity index (χ4n) is 1.28. The van der Waals surface area contributed by atoms with Gasteiger partial charge in [0.2, 0.25) is 0 Å². The fraction of sp³-hybridized carbons (Fsp3) is 0.538. The van der Waals surface area contributed by atoms with Crippen LogP contribution in [0.5, 0.6) is 11.5 Å². The summed E-state index contributed by atoms with van der Waals surface area (Å²) in [5.74, 6) is 3.43. The molecule has 3 nitrogen and oxygen atoms in total. The number of rotatable bonds is 7. The van der Waals surface area contributed by atoms with Crippen LogP contribution in [-0.4, -0.2) is 30.8 Å². The average molecular weight is 255 g/mol. The third-order valence-electron chi connectivity index (χ3n) is 2.03. The molecule has 1 aromatic carbocycles. The molecule has 0 radical (unpaired) electrons. The monoisotopic (exact) mass is 255 g/mol. The third kappa shape index (κ3) is 5.84. The van der Waals surface area contributed by atoms with Gasteiger partial charge in [0.15, 0.2) is 11.5 Å². The summed E-state index contributed by atoms with van der Waals surface area (Å²) in [6.45, 7) is 4.73. The zero-order valence-electron chi connectivity index (χ0n) is 10.7. The SMILES string of the molecule is COc1ccccc1OCCSCC(C)(C)N. The minimum Gasteiger partial charge on any atom is -0.493 e. The van der Waals surface area contributed by atoms with Gasteiger partial charge in [-0.2, -0.15) is 11.8 Å². The Labute approximate surface area is 108 Å². The summed E-state index contributed by atoms with van der Waals surface area (Å²) in [4.78, 5) is 0. The van der Waals surface area contributed by atoms with Crippen molar-refractivity contribution in [3.8, 4) is 11.5 Å². The molecule has 0 atom stereocenters. The highest BCUT2D eigenvalue weighted by atomic mass is 32.2. The highest BCUT2D eigenvalue weighted by Crippen LogP contribution is 2.25. The van der Waals surface area contributed by atoms with E-state index in [2.05, 4.69) is 0 Å². The highest BCUT2D eigenvalue weighted by Gasteiger charge is 2.10. The molecule has 0 aromatic heterocycles. The van der Waals surface area contributed by atoms with Crippen LogP contribution in [0.3, 0.4) is 0 Å². The van der Waals surface area contributed by atoms with Crippen molar-refractivity contribution in [2.24, 2.45) is 5.73 Å². The first-order valence-corrected chi connectivity index (χ1v) is 6.81. The predicted octanol–water partition coefficient (Wildman–Crippen LogP) is 2.54. The van der Waals surface area contributed by atoms with Crippen LogP contribution in [0.15, 0.2) is 24.3 Å². The van der Waals surface area contributed by atoms with Gasteiger partial charge >= 0.3 is 0 Å². The molecule has 0 spiro atoms. The molecule has 0 unspecified atom stereocenters. The molecule has 96 valence electrons. The van der Waals surface area contributed by atoms with Gasteiger partial charge in [-0.1, -0.05) is 12.1 Å². The summed E-state index contributed by atoms with van der Waals surface area (Å²) < 4.78 is 10.9. The maximum absolute atomic E-state index is 5.89. The largest absolute Gasteiger partial charge is 0.493 e. The maximum Gasteiger partial charge on any atom is 0.161 e. The van der Waals surface area contributed by atoms with Gasteiger partial charge in [0.1, 0.15) is 0 Å². The van der Waals surface area contributed by atoms with Gasteiger partial charge in [-0.25, -0.2) is 0 Å². The number of hydrogen-bond acceptors (Lipinski definition) is 4. The Balaban J connectivity index is 2.27. The van der Waals surface area contributed by atoms with Crippen molar-refractivity contribution < 1.29 is 9.47 Å². The molecular weight excluding hydrogens is 234 g/mol. The number of methoxy groups -OCH3 is 1. The Morgan fingerprint density at radius 3 is 2.47 bits per heavy atom. The van der Waals surface area contributed by atoms with Gasteiger partial charge in [0, 0.05) is 17.0 Å². The number of thioether (sulfide) groups is 1. The second-order valence-corrected chi connectivity index (χ2v) is 5.65. The molecule has 0 heterocycles. The summed E-state index contributed by atoms with van der Waals surface area (Å²) in [5, 5.41) is 0. The summed E-state index contributed by atoms with van der Waals surface area (Å²) in [6, 6.07) is 7.67. The lowest BCUT2D eigenvalue weighted by Crippen LogP contribution is -2.34. The topological polar surface area (TPSA) is 44.5 Å². The van der Waals surface area contributed by atoms with E-state index in [4.69, 9.17) is 15.2 Å². The summed E-state index contributed by atoms with van der Waals surface area (Å²) in [7, 11) is 1.65. The zero-order valence-corrected chi connectivity index (χ0v) is 11.5. The minimum absolute atomic E-state index is 0.116. The molecule has 0 aliphatic carbocycles. The van der Waals surface area contributed by atoms with Crippen LogP contribution in [0.2, 0.25) is 0 Å². The molecule has 0 aliphatic rings. The van der Waals surface area contributed by atoms with Crippen LogP contribution in [0.4, 0.5) is 0 Å². The van der Waals surface area contributed by atoms with Crippen LogP contribution < -0.4 is 15.2 Å². The lowest BCUT2D eigenvalue weighted by atomic mass is 10.1. The van der Waals surface area contributed by atoms with Crippen molar-refractivity contribution in [3.05, 3.63) is 24.3 Å². The molecular formula is C13H21NO2S. The van der Waals surface area contributed by atoms with E-state index in [-0.39, 0.29) is 5.54 Å². The Morgan fingerprint density at radius 2 is 1.88 bits per heavy atom. The van der Waals surface area contributed by atoms with Crippen molar-refractivity contribution in [1.29, 1.82) is 0 Å². The molecule has 0 saturated heterocycles. The Bertz CT molecular complexity index is 336. The second-order valence-electron chi connectivity index (χ2n) is 4.54. The fourth-order valence-corrected chi connectivity index (χ4v) is 2.16.